The van der Waals surface area contributed by atoms with E-state index in [1.54, 1.807) is 31.2 Å². The van der Waals surface area contributed by atoms with E-state index in [0.717, 1.165) is 0 Å². The van der Waals surface area contributed by atoms with Crippen LogP contribution in [0, 0.1) is 0 Å². The minimum Gasteiger partial charge on any atom is -0.395 e. The molecular weight excluding hydrogens is 214 g/mol. The zero-order valence-corrected chi connectivity index (χ0v) is 9.16. The van der Waals surface area contributed by atoms with E-state index in [-0.39, 0.29) is 17.5 Å². The minimum atomic E-state index is -3.39. The van der Waals surface area contributed by atoms with Crippen LogP contribution in [-0.2, 0) is 9.84 Å². The van der Waals surface area contributed by atoms with Gasteiger partial charge in [-0.15, -0.1) is 0 Å². The molecule has 15 heavy (non-hydrogen) atoms. The van der Waals surface area contributed by atoms with Crippen molar-refractivity contribution in [2.24, 2.45) is 0 Å². The molecule has 1 aliphatic rings. The summed E-state index contributed by atoms with van der Waals surface area (Å²) in [5.74, 6) is 0. The number of fused-ring (bicyclic) bond motifs is 1. The molecule has 2 unspecified atom stereocenters. The first-order valence-electron chi connectivity index (χ1n) is 4.77. The second-order valence-electron chi connectivity index (χ2n) is 3.70. The monoisotopic (exact) mass is 227 g/mol. The van der Waals surface area contributed by atoms with E-state index >= 15 is 0 Å². The second kappa shape index (κ2) is 3.50. The van der Waals surface area contributed by atoms with Crippen molar-refractivity contribution in [1.29, 1.82) is 0 Å². The molecule has 0 aliphatic carbocycles. The van der Waals surface area contributed by atoms with Crippen molar-refractivity contribution in [2.45, 2.75) is 23.1 Å². The average molecular weight is 227 g/mol. The van der Waals surface area contributed by atoms with Gasteiger partial charge in [0.1, 0.15) is 5.25 Å². The van der Waals surface area contributed by atoms with Gasteiger partial charge in [0, 0.05) is 6.04 Å². The molecule has 2 N–H and O–H groups in total. The summed E-state index contributed by atoms with van der Waals surface area (Å²) in [6.45, 7) is 1.40. The van der Waals surface area contributed by atoms with Crippen LogP contribution in [0.5, 0.6) is 0 Å². The highest BCUT2D eigenvalue weighted by Crippen LogP contribution is 2.31. The molecule has 1 aliphatic heterocycles. The third kappa shape index (κ3) is 1.52. The SMILES string of the molecule is CC1Nc2ccccc2S(=O)(=O)C1CO. The first-order chi connectivity index (χ1) is 7.07. The number of aliphatic hydroxyl groups excluding tert-OH is 1. The molecule has 1 heterocycles. The molecule has 0 saturated carbocycles. The van der Waals surface area contributed by atoms with E-state index in [4.69, 9.17) is 5.11 Å². The molecule has 0 spiro atoms. The largest absolute Gasteiger partial charge is 0.395 e. The van der Waals surface area contributed by atoms with E-state index < -0.39 is 15.1 Å². The molecule has 0 radical (unpaired) electrons. The van der Waals surface area contributed by atoms with Crippen molar-refractivity contribution in [3.05, 3.63) is 24.3 Å². The number of rotatable bonds is 1. The lowest BCUT2D eigenvalue weighted by Gasteiger charge is -2.30. The van der Waals surface area contributed by atoms with Gasteiger partial charge in [-0.05, 0) is 19.1 Å². The molecule has 1 aromatic carbocycles. The molecule has 0 aromatic heterocycles. The summed E-state index contributed by atoms with van der Waals surface area (Å²) in [6.07, 6.45) is 0. The Balaban J connectivity index is 2.61. The molecule has 0 amide bonds. The van der Waals surface area contributed by atoms with Gasteiger partial charge < -0.3 is 10.4 Å². The van der Waals surface area contributed by atoms with E-state index in [2.05, 4.69) is 5.32 Å². The Bertz CT molecular complexity index is 469. The summed E-state index contributed by atoms with van der Waals surface area (Å²) >= 11 is 0. The van der Waals surface area contributed by atoms with Gasteiger partial charge >= 0.3 is 0 Å². The van der Waals surface area contributed by atoms with Crippen LogP contribution in [0.25, 0.3) is 0 Å². The Kier molecular flexibility index (Phi) is 2.44. The minimum absolute atomic E-state index is 0.269. The van der Waals surface area contributed by atoms with Gasteiger partial charge in [-0.1, -0.05) is 12.1 Å². The van der Waals surface area contributed by atoms with Crippen molar-refractivity contribution in [3.63, 3.8) is 0 Å². The highest BCUT2D eigenvalue weighted by Gasteiger charge is 2.37. The van der Waals surface area contributed by atoms with Gasteiger partial charge in [0.25, 0.3) is 0 Å². The quantitative estimate of drug-likeness (QED) is 0.738. The molecule has 0 saturated heterocycles. The van der Waals surface area contributed by atoms with E-state index in [1.165, 1.54) is 0 Å². The summed E-state index contributed by atoms with van der Waals surface area (Å²) in [4.78, 5) is 0.280. The van der Waals surface area contributed by atoms with Gasteiger partial charge in [0.05, 0.1) is 17.2 Å². The number of benzene rings is 1. The molecular formula is C10H13NO3S. The highest BCUT2D eigenvalue weighted by atomic mass is 32.2. The molecule has 2 atom stereocenters. The van der Waals surface area contributed by atoms with Crippen LogP contribution < -0.4 is 5.32 Å². The number of hydrogen-bond donors (Lipinski definition) is 2. The molecule has 82 valence electrons. The van der Waals surface area contributed by atoms with E-state index in [1.807, 2.05) is 0 Å². The molecule has 0 bridgehead atoms. The molecule has 2 rings (SSSR count). The van der Waals surface area contributed by atoms with Crippen LogP contribution >= 0.6 is 0 Å². The zero-order valence-electron chi connectivity index (χ0n) is 8.34. The number of para-hydroxylation sites is 1. The van der Waals surface area contributed by atoms with Gasteiger partial charge in [0.2, 0.25) is 0 Å². The van der Waals surface area contributed by atoms with Crippen molar-refractivity contribution >= 4 is 15.5 Å². The zero-order chi connectivity index (χ0) is 11.1. The van der Waals surface area contributed by atoms with Crippen LogP contribution in [0.3, 0.4) is 0 Å². The third-order valence-electron chi connectivity index (χ3n) is 2.71. The van der Waals surface area contributed by atoms with Crippen molar-refractivity contribution in [1.82, 2.24) is 0 Å². The smallest absolute Gasteiger partial charge is 0.187 e. The lowest BCUT2D eigenvalue weighted by molar-refractivity contribution is 0.282. The first-order valence-corrected chi connectivity index (χ1v) is 6.32. The van der Waals surface area contributed by atoms with Crippen LogP contribution in [0.4, 0.5) is 5.69 Å². The topological polar surface area (TPSA) is 66.4 Å². The van der Waals surface area contributed by atoms with Gasteiger partial charge in [-0.3, -0.25) is 0 Å². The third-order valence-corrected chi connectivity index (χ3v) is 5.04. The Hall–Kier alpha value is -1.07. The summed E-state index contributed by atoms with van der Waals surface area (Å²) in [5.41, 5.74) is 0.620. The summed E-state index contributed by atoms with van der Waals surface area (Å²) in [6, 6.07) is 6.49. The maximum Gasteiger partial charge on any atom is 0.187 e. The van der Waals surface area contributed by atoms with Crippen molar-refractivity contribution in [2.75, 3.05) is 11.9 Å². The average Bonchev–Trinajstić information content (AvgIpc) is 2.17. The number of sulfone groups is 1. The Morgan fingerprint density at radius 1 is 1.40 bits per heavy atom. The fraction of sp³-hybridized carbons (Fsp3) is 0.400. The molecule has 4 nitrogen and oxygen atoms in total. The lowest BCUT2D eigenvalue weighted by atomic mass is 10.2. The summed E-state index contributed by atoms with van der Waals surface area (Å²) in [7, 11) is -3.39. The van der Waals surface area contributed by atoms with Crippen LogP contribution in [0.1, 0.15) is 6.92 Å². The Morgan fingerprint density at radius 2 is 2.07 bits per heavy atom. The number of nitrogens with one attached hydrogen (secondary N) is 1. The van der Waals surface area contributed by atoms with Gasteiger partial charge in [-0.2, -0.15) is 0 Å². The van der Waals surface area contributed by atoms with E-state index in [9.17, 15) is 8.42 Å². The number of anilines is 1. The van der Waals surface area contributed by atoms with Gasteiger partial charge in [0.15, 0.2) is 9.84 Å². The number of aliphatic hydroxyl groups is 1. The standard InChI is InChI=1S/C10H13NO3S/c1-7-10(6-12)15(13,14)9-5-3-2-4-8(9)11-7/h2-5,7,10-12H,6H2,1H3. The first kappa shape index (κ1) is 10.4. The maximum atomic E-state index is 12.0. The Morgan fingerprint density at radius 3 is 2.73 bits per heavy atom. The fourth-order valence-electron chi connectivity index (χ4n) is 1.86. The van der Waals surface area contributed by atoms with Gasteiger partial charge in [-0.25, -0.2) is 8.42 Å². The fourth-order valence-corrected chi connectivity index (χ4v) is 3.69. The second-order valence-corrected chi connectivity index (χ2v) is 5.83. The maximum absolute atomic E-state index is 12.0. The van der Waals surface area contributed by atoms with Crippen molar-refractivity contribution in [3.8, 4) is 0 Å². The molecule has 5 heteroatoms. The molecule has 0 fully saturated rings. The summed E-state index contributed by atoms with van der Waals surface area (Å²) < 4.78 is 24.1. The lowest BCUT2D eigenvalue weighted by Crippen LogP contribution is -2.44. The molecule has 1 aromatic rings. The van der Waals surface area contributed by atoms with Crippen LogP contribution in [0.2, 0.25) is 0 Å². The van der Waals surface area contributed by atoms with Crippen LogP contribution in [-0.4, -0.2) is 31.4 Å². The predicted molar refractivity (Wildman–Crippen MR) is 57.6 cm³/mol. The summed E-state index contributed by atoms with van der Waals surface area (Å²) in [5, 5.41) is 11.4. The van der Waals surface area contributed by atoms with Crippen molar-refractivity contribution < 1.29 is 13.5 Å². The normalized spacial score (nSPS) is 27.9. The van der Waals surface area contributed by atoms with E-state index in [0.29, 0.717) is 5.69 Å². The van der Waals surface area contributed by atoms with Crippen LogP contribution in [0.15, 0.2) is 29.2 Å². The highest BCUT2D eigenvalue weighted by molar-refractivity contribution is 7.92. The predicted octanol–water partition coefficient (Wildman–Crippen LogP) is 0.635. The number of hydrogen-bond acceptors (Lipinski definition) is 4. The Labute approximate surface area is 88.9 Å².